The second kappa shape index (κ2) is 11.5. The Morgan fingerprint density at radius 3 is 2.06 bits per heavy atom. The molecule has 0 unspecified atom stereocenters. The first-order chi connectivity index (χ1) is 14.9. The van der Waals surface area contributed by atoms with Gasteiger partial charge in [-0.15, -0.1) is 0 Å². The Balaban J connectivity index is 2.56. The normalized spacial score (nSPS) is 11.3. The SMILES string of the molecule is CCOC(=O)N[C@H](Cc1cc(OC)c(OC)cc1Br)c1ccc(OC)c(OC)c1OC. The van der Waals surface area contributed by atoms with Crippen molar-refractivity contribution < 1.29 is 33.2 Å². The van der Waals surface area contributed by atoms with E-state index in [1.54, 1.807) is 34.3 Å². The molecule has 170 valence electrons. The highest BCUT2D eigenvalue weighted by Crippen LogP contribution is 2.43. The van der Waals surface area contributed by atoms with Crippen LogP contribution in [-0.4, -0.2) is 48.2 Å². The van der Waals surface area contributed by atoms with E-state index in [2.05, 4.69) is 21.2 Å². The van der Waals surface area contributed by atoms with E-state index in [1.807, 2.05) is 18.2 Å². The van der Waals surface area contributed by atoms with Crippen LogP contribution in [0.25, 0.3) is 0 Å². The molecule has 1 N–H and O–H groups in total. The van der Waals surface area contributed by atoms with E-state index in [0.29, 0.717) is 40.7 Å². The minimum atomic E-state index is -0.541. The lowest BCUT2D eigenvalue weighted by Gasteiger charge is -2.24. The molecule has 8 nitrogen and oxygen atoms in total. The average molecular weight is 498 g/mol. The van der Waals surface area contributed by atoms with Crippen LogP contribution in [0, 0.1) is 0 Å². The summed E-state index contributed by atoms with van der Waals surface area (Å²) in [6, 6.07) is 6.77. The van der Waals surface area contributed by atoms with Crippen molar-refractivity contribution in [2.45, 2.75) is 19.4 Å². The van der Waals surface area contributed by atoms with Crippen molar-refractivity contribution in [2.24, 2.45) is 0 Å². The van der Waals surface area contributed by atoms with Crippen LogP contribution >= 0.6 is 15.9 Å². The van der Waals surface area contributed by atoms with Crippen molar-refractivity contribution in [3.63, 3.8) is 0 Å². The molecule has 0 radical (unpaired) electrons. The van der Waals surface area contributed by atoms with Gasteiger partial charge in [-0.25, -0.2) is 4.79 Å². The average Bonchev–Trinajstić information content (AvgIpc) is 2.78. The molecule has 0 saturated carbocycles. The zero-order valence-corrected chi connectivity index (χ0v) is 20.1. The molecule has 0 aliphatic rings. The lowest BCUT2D eigenvalue weighted by Crippen LogP contribution is -2.31. The fraction of sp³-hybridized carbons (Fsp3) is 0.409. The number of nitrogens with one attached hydrogen (secondary N) is 1. The molecule has 1 amide bonds. The number of hydrogen-bond acceptors (Lipinski definition) is 7. The fourth-order valence-electron chi connectivity index (χ4n) is 3.23. The minimum Gasteiger partial charge on any atom is -0.493 e. The van der Waals surface area contributed by atoms with Crippen molar-refractivity contribution >= 4 is 22.0 Å². The van der Waals surface area contributed by atoms with E-state index in [9.17, 15) is 4.79 Å². The maximum atomic E-state index is 12.3. The molecular formula is C22H28BrNO7. The van der Waals surface area contributed by atoms with Gasteiger partial charge in [0.25, 0.3) is 0 Å². The predicted molar refractivity (Wildman–Crippen MR) is 120 cm³/mol. The van der Waals surface area contributed by atoms with Crippen molar-refractivity contribution in [1.82, 2.24) is 5.32 Å². The van der Waals surface area contributed by atoms with Gasteiger partial charge in [0.2, 0.25) is 5.75 Å². The molecule has 9 heteroatoms. The van der Waals surface area contributed by atoms with Crippen LogP contribution < -0.4 is 29.0 Å². The summed E-state index contributed by atoms with van der Waals surface area (Å²) in [5.74, 6) is 2.58. The molecule has 31 heavy (non-hydrogen) atoms. The largest absolute Gasteiger partial charge is 0.493 e. The van der Waals surface area contributed by atoms with Crippen molar-refractivity contribution in [3.8, 4) is 28.7 Å². The molecular weight excluding hydrogens is 470 g/mol. The number of amides is 1. The highest BCUT2D eigenvalue weighted by atomic mass is 79.9. The number of halogens is 1. The Morgan fingerprint density at radius 2 is 1.52 bits per heavy atom. The summed E-state index contributed by atoms with van der Waals surface area (Å²) in [4.78, 5) is 12.3. The van der Waals surface area contributed by atoms with Crippen LogP contribution in [0.5, 0.6) is 28.7 Å². The van der Waals surface area contributed by atoms with Crippen molar-refractivity contribution in [1.29, 1.82) is 0 Å². The molecule has 0 heterocycles. The Labute approximate surface area is 190 Å². The molecule has 0 aliphatic heterocycles. The number of hydrogen-bond donors (Lipinski definition) is 1. The van der Waals surface area contributed by atoms with Gasteiger partial charge in [-0.05, 0) is 43.2 Å². The van der Waals surface area contributed by atoms with Gasteiger partial charge < -0.3 is 33.7 Å². The summed E-state index contributed by atoms with van der Waals surface area (Å²) in [5, 5.41) is 2.91. The monoisotopic (exact) mass is 497 g/mol. The number of rotatable bonds is 10. The number of alkyl carbamates (subject to hydrolysis) is 1. The molecule has 1 atom stereocenters. The Hall–Kier alpha value is -2.81. The molecule has 0 spiro atoms. The van der Waals surface area contributed by atoms with Gasteiger partial charge in [0, 0.05) is 10.0 Å². The molecule has 2 aromatic carbocycles. The summed E-state index contributed by atoms with van der Waals surface area (Å²) in [6.07, 6.45) is -0.132. The minimum absolute atomic E-state index is 0.252. The van der Waals surface area contributed by atoms with Gasteiger partial charge in [-0.3, -0.25) is 0 Å². The molecule has 0 aliphatic carbocycles. The lowest BCUT2D eigenvalue weighted by molar-refractivity contribution is 0.147. The molecule has 0 fully saturated rings. The Bertz CT molecular complexity index is 904. The van der Waals surface area contributed by atoms with E-state index < -0.39 is 12.1 Å². The second-order valence-corrected chi connectivity index (χ2v) is 7.20. The third-order valence-electron chi connectivity index (χ3n) is 4.65. The van der Waals surface area contributed by atoms with Gasteiger partial charge >= 0.3 is 6.09 Å². The van der Waals surface area contributed by atoms with Crippen molar-refractivity contribution in [2.75, 3.05) is 42.2 Å². The van der Waals surface area contributed by atoms with Gasteiger partial charge in [-0.2, -0.15) is 0 Å². The summed E-state index contributed by atoms with van der Waals surface area (Å²) in [5.41, 5.74) is 1.59. The van der Waals surface area contributed by atoms with E-state index in [4.69, 9.17) is 28.4 Å². The fourth-order valence-corrected chi connectivity index (χ4v) is 3.71. The second-order valence-electron chi connectivity index (χ2n) is 6.34. The maximum Gasteiger partial charge on any atom is 0.407 e. The third-order valence-corrected chi connectivity index (χ3v) is 5.39. The summed E-state index contributed by atoms with van der Waals surface area (Å²) in [7, 11) is 7.76. The predicted octanol–water partition coefficient (Wildman–Crippen LogP) is 4.52. The molecule has 2 rings (SSSR count). The Kier molecular flexibility index (Phi) is 9.11. The highest BCUT2D eigenvalue weighted by molar-refractivity contribution is 9.10. The number of carbonyl (C=O) groups is 1. The zero-order chi connectivity index (χ0) is 23.0. The van der Waals surface area contributed by atoms with Crippen LogP contribution in [0.4, 0.5) is 4.79 Å². The van der Waals surface area contributed by atoms with Crippen LogP contribution in [0.2, 0.25) is 0 Å². The molecule has 0 bridgehead atoms. The Morgan fingerprint density at radius 1 is 0.903 bits per heavy atom. The first kappa shape index (κ1) is 24.5. The molecule has 2 aromatic rings. The molecule has 0 aromatic heterocycles. The number of ether oxygens (including phenoxy) is 6. The van der Waals surface area contributed by atoms with Crippen molar-refractivity contribution in [3.05, 3.63) is 39.9 Å². The molecule has 0 saturated heterocycles. The lowest BCUT2D eigenvalue weighted by atomic mass is 9.97. The first-order valence-electron chi connectivity index (χ1n) is 9.56. The smallest absolute Gasteiger partial charge is 0.407 e. The number of carbonyl (C=O) groups excluding carboxylic acids is 1. The quantitative estimate of drug-likeness (QED) is 0.516. The summed E-state index contributed by atoms with van der Waals surface area (Å²) in [6.45, 7) is 2.00. The van der Waals surface area contributed by atoms with Crippen LogP contribution in [0.3, 0.4) is 0 Å². The van der Waals surface area contributed by atoms with E-state index in [-0.39, 0.29) is 6.61 Å². The van der Waals surface area contributed by atoms with Gasteiger partial charge in [0.1, 0.15) is 0 Å². The first-order valence-corrected chi connectivity index (χ1v) is 10.4. The van der Waals surface area contributed by atoms with Crippen LogP contribution in [0.15, 0.2) is 28.7 Å². The van der Waals surface area contributed by atoms with Gasteiger partial charge in [0.15, 0.2) is 23.0 Å². The van der Waals surface area contributed by atoms with E-state index in [1.165, 1.54) is 14.2 Å². The van der Waals surface area contributed by atoms with Crippen LogP contribution in [-0.2, 0) is 11.2 Å². The number of benzene rings is 2. The topological polar surface area (TPSA) is 84.5 Å². The maximum absolute atomic E-state index is 12.3. The number of methoxy groups -OCH3 is 5. The van der Waals surface area contributed by atoms with Gasteiger partial charge in [0.05, 0.1) is 48.2 Å². The van der Waals surface area contributed by atoms with E-state index in [0.717, 1.165) is 10.0 Å². The zero-order valence-electron chi connectivity index (χ0n) is 18.5. The third kappa shape index (κ3) is 5.66. The standard InChI is InChI=1S/C22H28BrNO7/c1-7-31-22(25)24-16(10-13-11-18(27-3)19(28-4)12-15(13)23)14-8-9-17(26-2)21(30-6)20(14)29-5/h8-9,11-12,16H,7,10H2,1-6H3,(H,24,25)/t16-/m1/s1. The summed E-state index contributed by atoms with van der Waals surface area (Å²) >= 11 is 3.58. The van der Waals surface area contributed by atoms with Gasteiger partial charge in [-0.1, -0.05) is 15.9 Å². The van der Waals surface area contributed by atoms with E-state index >= 15 is 0 Å². The highest BCUT2D eigenvalue weighted by Gasteiger charge is 2.26. The van der Waals surface area contributed by atoms with Crippen LogP contribution in [0.1, 0.15) is 24.1 Å². The summed E-state index contributed by atoms with van der Waals surface area (Å²) < 4.78 is 33.2.